The lowest BCUT2D eigenvalue weighted by molar-refractivity contribution is 0.107. The number of ether oxygens (including phenoxy) is 1. The molecule has 0 amide bonds. The number of rotatable bonds is 2. The van der Waals surface area contributed by atoms with Gasteiger partial charge in [0.05, 0.1) is 7.11 Å². The molecule has 0 heterocycles. The van der Waals surface area contributed by atoms with Gasteiger partial charge in [0, 0.05) is 6.07 Å². The molecule has 0 bridgehead atoms. The Labute approximate surface area is 82.2 Å². The summed E-state index contributed by atoms with van der Waals surface area (Å²) < 4.78 is 42.8. The third-order valence-corrected chi connectivity index (χ3v) is 1.72. The van der Waals surface area contributed by atoms with Gasteiger partial charge in [0.15, 0.2) is 11.6 Å². The molecule has 1 rings (SSSR count). The average molecular weight is 225 g/mol. The first-order valence-corrected chi connectivity index (χ1v) is 3.78. The van der Waals surface area contributed by atoms with Gasteiger partial charge in [-0.2, -0.15) is 4.39 Å². The second-order valence-electron chi connectivity index (χ2n) is 2.34. The van der Waals surface area contributed by atoms with Crippen molar-refractivity contribution in [2.45, 2.75) is 0 Å². The van der Waals surface area contributed by atoms with Crippen LogP contribution in [0.4, 0.5) is 13.2 Å². The Morgan fingerprint density at radius 1 is 1.36 bits per heavy atom. The standard InChI is InChI=1S/C8H4ClF3O2/c1-14-7-5(8(9)13)3(10)2-4(11)6(7)12/h2H,1H3. The van der Waals surface area contributed by atoms with E-state index >= 15 is 0 Å². The van der Waals surface area contributed by atoms with Gasteiger partial charge in [-0.15, -0.1) is 0 Å². The molecule has 0 N–H and O–H groups in total. The zero-order chi connectivity index (χ0) is 10.9. The highest BCUT2D eigenvalue weighted by Gasteiger charge is 2.23. The molecule has 6 heteroatoms. The number of carbonyl (C=O) groups excluding carboxylic acids is 1. The number of hydrogen-bond donors (Lipinski definition) is 0. The Morgan fingerprint density at radius 2 is 1.93 bits per heavy atom. The minimum atomic E-state index is -1.45. The minimum Gasteiger partial charge on any atom is -0.493 e. The molecule has 14 heavy (non-hydrogen) atoms. The molecule has 0 saturated carbocycles. The Hall–Kier alpha value is -1.23. The fraction of sp³-hybridized carbons (Fsp3) is 0.125. The van der Waals surface area contributed by atoms with Crippen LogP contribution >= 0.6 is 11.6 Å². The Bertz CT molecular complexity index is 393. The van der Waals surface area contributed by atoms with Crippen LogP contribution in [0.1, 0.15) is 10.4 Å². The quantitative estimate of drug-likeness (QED) is 0.570. The maximum Gasteiger partial charge on any atom is 0.259 e. The fourth-order valence-corrected chi connectivity index (χ4v) is 1.12. The monoisotopic (exact) mass is 224 g/mol. The van der Waals surface area contributed by atoms with Gasteiger partial charge >= 0.3 is 0 Å². The van der Waals surface area contributed by atoms with Gasteiger partial charge in [-0.1, -0.05) is 0 Å². The first kappa shape index (κ1) is 10.8. The summed E-state index contributed by atoms with van der Waals surface area (Å²) >= 11 is 4.97. The zero-order valence-corrected chi connectivity index (χ0v) is 7.66. The molecule has 0 saturated heterocycles. The van der Waals surface area contributed by atoms with Gasteiger partial charge in [-0.3, -0.25) is 4.79 Å². The molecule has 2 nitrogen and oxygen atoms in total. The van der Waals surface area contributed by atoms with Crippen molar-refractivity contribution in [2.75, 3.05) is 7.11 Å². The summed E-state index contributed by atoms with van der Waals surface area (Å²) in [6, 6.07) is 0.230. The molecular formula is C8H4ClF3O2. The summed E-state index contributed by atoms with van der Waals surface area (Å²) in [5.41, 5.74) is -0.812. The Kier molecular flexibility index (Phi) is 3.00. The van der Waals surface area contributed by atoms with Gasteiger partial charge in [0.25, 0.3) is 5.24 Å². The van der Waals surface area contributed by atoms with Crippen LogP contribution in [0.2, 0.25) is 0 Å². The second kappa shape index (κ2) is 3.88. The van der Waals surface area contributed by atoms with Crippen molar-refractivity contribution in [2.24, 2.45) is 0 Å². The summed E-state index contributed by atoms with van der Waals surface area (Å²) in [6.45, 7) is 0. The summed E-state index contributed by atoms with van der Waals surface area (Å²) in [6.07, 6.45) is 0. The first-order chi connectivity index (χ1) is 6.49. The molecule has 1 aromatic carbocycles. The fourth-order valence-electron chi connectivity index (χ4n) is 0.948. The highest BCUT2D eigenvalue weighted by atomic mass is 35.5. The predicted molar refractivity (Wildman–Crippen MR) is 43.1 cm³/mol. The van der Waals surface area contributed by atoms with Crippen LogP contribution in [0.3, 0.4) is 0 Å². The zero-order valence-electron chi connectivity index (χ0n) is 6.91. The van der Waals surface area contributed by atoms with Crippen molar-refractivity contribution in [3.05, 3.63) is 29.1 Å². The molecule has 0 fully saturated rings. The number of halogens is 4. The minimum absolute atomic E-state index is 0.230. The van der Waals surface area contributed by atoms with E-state index in [0.717, 1.165) is 7.11 Å². The normalized spacial score (nSPS) is 10.1. The van der Waals surface area contributed by atoms with E-state index in [1.165, 1.54) is 0 Å². The molecule has 0 aromatic heterocycles. The highest BCUT2D eigenvalue weighted by molar-refractivity contribution is 6.68. The average Bonchev–Trinajstić information content (AvgIpc) is 2.09. The van der Waals surface area contributed by atoms with Gasteiger partial charge in [-0.25, -0.2) is 8.78 Å². The number of benzene rings is 1. The third-order valence-electron chi connectivity index (χ3n) is 1.53. The molecule has 0 aliphatic rings. The molecule has 0 atom stereocenters. The van der Waals surface area contributed by atoms with Gasteiger partial charge < -0.3 is 4.74 Å². The highest BCUT2D eigenvalue weighted by Crippen LogP contribution is 2.28. The molecule has 76 valence electrons. The van der Waals surface area contributed by atoms with Crippen LogP contribution in [0, 0.1) is 17.5 Å². The predicted octanol–water partition coefficient (Wildman–Crippen LogP) is 2.49. The van der Waals surface area contributed by atoms with Crippen molar-refractivity contribution < 1.29 is 22.7 Å². The number of carbonyl (C=O) groups is 1. The van der Waals surface area contributed by atoms with E-state index in [2.05, 4.69) is 4.74 Å². The van der Waals surface area contributed by atoms with E-state index in [-0.39, 0.29) is 6.07 Å². The summed E-state index contributed by atoms with van der Waals surface area (Å²) in [4.78, 5) is 10.7. The van der Waals surface area contributed by atoms with Crippen LogP contribution in [-0.4, -0.2) is 12.4 Å². The van der Waals surface area contributed by atoms with Gasteiger partial charge in [0.1, 0.15) is 11.4 Å². The molecule has 0 unspecified atom stereocenters. The van der Waals surface area contributed by atoms with Gasteiger partial charge in [0.2, 0.25) is 5.82 Å². The lowest BCUT2D eigenvalue weighted by Gasteiger charge is -2.07. The second-order valence-corrected chi connectivity index (χ2v) is 2.68. The third kappa shape index (κ3) is 1.68. The summed E-state index contributed by atoms with van der Waals surface area (Å²) in [5, 5.41) is -1.25. The lowest BCUT2D eigenvalue weighted by Crippen LogP contribution is -2.04. The van der Waals surface area contributed by atoms with Crippen LogP contribution in [0.15, 0.2) is 6.07 Å². The van der Waals surface area contributed by atoms with E-state index in [0.29, 0.717) is 0 Å². The number of methoxy groups -OCH3 is 1. The molecule has 1 aromatic rings. The smallest absolute Gasteiger partial charge is 0.259 e. The Morgan fingerprint density at radius 3 is 2.36 bits per heavy atom. The van der Waals surface area contributed by atoms with Crippen LogP contribution in [0.25, 0.3) is 0 Å². The molecule has 0 aliphatic heterocycles. The van der Waals surface area contributed by atoms with E-state index in [1.54, 1.807) is 0 Å². The van der Waals surface area contributed by atoms with Gasteiger partial charge in [-0.05, 0) is 11.6 Å². The van der Waals surface area contributed by atoms with Crippen molar-refractivity contribution in [1.82, 2.24) is 0 Å². The number of hydrogen-bond acceptors (Lipinski definition) is 2. The maximum absolute atomic E-state index is 12.9. The van der Waals surface area contributed by atoms with Crippen LogP contribution in [0.5, 0.6) is 5.75 Å². The molecule has 0 spiro atoms. The summed E-state index contributed by atoms with van der Waals surface area (Å²) in [5.74, 6) is -4.98. The topological polar surface area (TPSA) is 26.3 Å². The van der Waals surface area contributed by atoms with E-state index in [9.17, 15) is 18.0 Å². The SMILES string of the molecule is COc1c(F)c(F)cc(F)c1C(=O)Cl. The van der Waals surface area contributed by atoms with E-state index in [1.807, 2.05) is 0 Å². The molecular weight excluding hydrogens is 221 g/mol. The Balaban J connectivity index is 3.55. The lowest BCUT2D eigenvalue weighted by atomic mass is 10.2. The van der Waals surface area contributed by atoms with Crippen molar-refractivity contribution in [3.8, 4) is 5.75 Å². The van der Waals surface area contributed by atoms with Crippen LogP contribution < -0.4 is 4.74 Å². The van der Waals surface area contributed by atoms with Crippen LogP contribution in [-0.2, 0) is 0 Å². The van der Waals surface area contributed by atoms with Crippen molar-refractivity contribution in [1.29, 1.82) is 0 Å². The van der Waals surface area contributed by atoms with E-state index < -0.39 is 34.0 Å². The maximum atomic E-state index is 12.9. The first-order valence-electron chi connectivity index (χ1n) is 3.40. The summed E-state index contributed by atoms with van der Waals surface area (Å²) in [7, 11) is 0.973. The van der Waals surface area contributed by atoms with Crippen molar-refractivity contribution >= 4 is 16.8 Å². The molecule has 0 aliphatic carbocycles. The molecule has 0 radical (unpaired) electrons. The van der Waals surface area contributed by atoms with E-state index in [4.69, 9.17) is 11.6 Å². The largest absolute Gasteiger partial charge is 0.493 e. The van der Waals surface area contributed by atoms with Crippen molar-refractivity contribution in [3.63, 3.8) is 0 Å².